The summed E-state index contributed by atoms with van der Waals surface area (Å²) in [7, 11) is 0. The minimum atomic E-state index is 0.695. The molecule has 0 aromatic heterocycles. The lowest BCUT2D eigenvalue weighted by molar-refractivity contribution is 0.126. The van der Waals surface area contributed by atoms with Crippen molar-refractivity contribution in [1.29, 1.82) is 0 Å². The number of nitrogens with one attached hydrogen (secondary N) is 1. The van der Waals surface area contributed by atoms with Gasteiger partial charge in [0.25, 0.3) is 0 Å². The zero-order valence-electron chi connectivity index (χ0n) is 13.0. The largest absolute Gasteiger partial charge is 0.315 e. The summed E-state index contributed by atoms with van der Waals surface area (Å²) < 4.78 is 0. The van der Waals surface area contributed by atoms with Crippen molar-refractivity contribution >= 4 is 0 Å². The predicted molar refractivity (Wildman–Crippen MR) is 82.6 cm³/mol. The lowest BCUT2D eigenvalue weighted by atomic mass is 10.1. The van der Waals surface area contributed by atoms with E-state index < -0.39 is 0 Å². The first-order valence-electron chi connectivity index (χ1n) is 8.46. The van der Waals surface area contributed by atoms with Crippen molar-refractivity contribution in [3.8, 4) is 0 Å². The molecule has 0 aromatic carbocycles. The number of rotatable bonds is 9. The Hall–Kier alpha value is -0.120. The fourth-order valence-corrected chi connectivity index (χ4v) is 3.10. The summed E-state index contributed by atoms with van der Waals surface area (Å²) in [5.74, 6) is 1.05. The summed E-state index contributed by atoms with van der Waals surface area (Å²) in [6.45, 7) is 13.5. The molecule has 1 saturated heterocycles. The van der Waals surface area contributed by atoms with Gasteiger partial charge >= 0.3 is 0 Å². The summed E-state index contributed by atoms with van der Waals surface area (Å²) in [5.41, 5.74) is 0. The highest BCUT2D eigenvalue weighted by Gasteiger charge is 2.26. The van der Waals surface area contributed by atoms with Crippen LogP contribution in [0.3, 0.4) is 0 Å². The summed E-state index contributed by atoms with van der Waals surface area (Å²) >= 11 is 0. The number of unbranched alkanes of at least 4 members (excludes halogenated alkanes) is 1. The molecule has 1 saturated carbocycles. The predicted octanol–water partition coefficient (Wildman–Crippen LogP) is 2.18. The third kappa shape index (κ3) is 6.24. The highest BCUT2D eigenvalue weighted by atomic mass is 15.3. The summed E-state index contributed by atoms with van der Waals surface area (Å²) in [6.07, 6.45) is 7.05. The second-order valence-corrected chi connectivity index (χ2v) is 6.54. The van der Waals surface area contributed by atoms with Crippen molar-refractivity contribution in [2.45, 2.75) is 52.0 Å². The zero-order valence-corrected chi connectivity index (χ0v) is 13.0. The van der Waals surface area contributed by atoms with Crippen LogP contribution in [0.15, 0.2) is 0 Å². The maximum Gasteiger partial charge on any atom is 0.0110 e. The molecule has 2 rings (SSSR count). The van der Waals surface area contributed by atoms with Gasteiger partial charge in [0.1, 0.15) is 0 Å². The molecule has 2 aliphatic rings. The Morgan fingerprint density at radius 2 is 1.74 bits per heavy atom. The van der Waals surface area contributed by atoms with Gasteiger partial charge in [-0.2, -0.15) is 0 Å². The topological polar surface area (TPSA) is 18.5 Å². The van der Waals surface area contributed by atoms with E-state index >= 15 is 0 Å². The van der Waals surface area contributed by atoms with Crippen LogP contribution in [-0.4, -0.2) is 61.7 Å². The molecular formula is C16H33N3. The number of hydrogen-bond donors (Lipinski definition) is 1. The molecule has 0 radical (unpaired) electrons. The van der Waals surface area contributed by atoms with Crippen LogP contribution in [0.4, 0.5) is 0 Å². The van der Waals surface area contributed by atoms with Gasteiger partial charge in [-0.25, -0.2) is 0 Å². The molecule has 2 fully saturated rings. The van der Waals surface area contributed by atoms with Crippen LogP contribution in [0.2, 0.25) is 0 Å². The van der Waals surface area contributed by atoms with Gasteiger partial charge in [0, 0.05) is 38.8 Å². The monoisotopic (exact) mass is 267 g/mol. The molecule has 1 aliphatic heterocycles. The van der Waals surface area contributed by atoms with Crippen molar-refractivity contribution in [2.75, 3.05) is 45.8 Å². The van der Waals surface area contributed by atoms with Gasteiger partial charge in [0.05, 0.1) is 0 Å². The van der Waals surface area contributed by atoms with Crippen molar-refractivity contribution in [2.24, 2.45) is 5.92 Å². The lowest BCUT2D eigenvalue weighted by Crippen LogP contribution is -2.47. The lowest BCUT2D eigenvalue weighted by Gasteiger charge is -2.34. The second-order valence-electron chi connectivity index (χ2n) is 6.54. The number of hydrogen-bond acceptors (Lipinski definition) is 3. The molecule has 1 heterocycles. The molecule has 0 bridgehead atoms. The number of piperazine rings is 1. The van der Waals surface area contributed by atoms with Crippen LogP contribution in [0, 0.1) is 5.92 Å². The van der Waals surface area contributed by atoms with Gasteiger partial charge in [-0.15, -0.1) is 0 Å². The van der Waals surface area contributed by atoms with E-state index in [1.807, 2.05) is 0 Å². The van der Waals surface area contributed by atoms with E-state index in [4.69, 9.17) is 0 Å². The average molecular weight is 267 g/mol. The minimum Gasteiger partial charge on any atom is -0.315 e. The maximum atomic E-state index is 3.49. The Balaban J connectivity index is 1.46. The molecule has 0 aromatic rings. The van der Waals surface area contributed by atoms with Crippen LogP contribution >= 0.6 is 0 Å². The van der Waals surface area contributed by atoms with Crippen molar-refractivity contribution in [3.05, 3.63) is 0 Å². The molecule has 1 atom stereocenters. The van der Waals surface area contributed by atoms with Gasteiger partial charge in [0.2, 0.25) is 0 Å². The smallest absolute Gasteiger partial charge is 0.0110 e. The third-order valence-electron chi connectivity index (χ3n) is 4.59. The van der Waals surface area contributed by atoms with Crippen LogP contribution in [0.1, 0.15) is 46.0 Å². The molecule has 0 amide bonds. The quantitative estimate of drug-likeness (QED) is 0.646. The Kier molecular flexibility index (Phi) is 6.62. The minimum absolute atomic E-state index is 0.695. The van der Waals surface area contributed by atoms with Gasteiger partial charge in [0.15, 0.2) is 0 Å². The van der Waals surface area contributed by atoms with E-state index in [0.29, 0.717) is 6.04 Å². The van der Waals surface area contributed by atoms with Gasteiger partial charge < -0.3 is 15.1 Å². The highest BCUT2D eigenvalue weighted by Crippen LogP contribution is 2.29. The maximum absolute atomic E-state index is 3.49. The molecule has 1 N–H and O–H groups in total. The highest BCUT2D eigenvalue weighted by molar-refractivity contribution is 4.80. The van der Waals surface area contributed by atoms with Gasteiger partial charge in [-0.1, -0.05) is 13.3 Å². The Morgan fingerprint density at radius 1 is 1.05 bits per heavy atom. The average Bonchev–Trinajstić information content (AvgIpc) is 3.21. The second kappa shape index (κ2) is 8.23. The van der Waals surface area contributed by atoms with Crippen LogP contribution < -0.4 is 5.32 Å². The normalized spacial score (nSPS) is 23.7. The molecule has 0 spiro atoms. The first kappa shape index (κ1) is 15.3. The van der Waals surface area contributed by atoms with Crippen LogP contribution in [0.25, 0.3) is 0 Å². The molecule has 1 aliphatic carbocycles. The molecule has 112 valence electrons. The van der Waals surface area contributed by atoms with Crippen molar-refractivity contribution in [3.63, 3.8) is 0 Å². The molecule has 3 nitrogen and oxygen atoms in total. The first-order chi connectivity index (χ1) is 9.28. The van der Waals surface area contributed by atoms with Gasteiger partial charge in [-0.05, 0) is 51.6 Å². The van der Waals surface area contributed by atoms with E-state index in [1.165, 1.54) is 71.4 Å². The third-order valence-corrected chi connectivity index (χ3v) is 4.59. The zero-order chi connectivity index (χ0) is 13.5. The van der Waals surface area contributed by atoms with Crippen molar-refractivity contribution < 1.29 is 0 Å². The van der Waals surface area contributed by atoms with E-state index in [-0.39, 0.29) is 0 Å². The van der Waals surface area contributed by atoms with E-state index in [0.717, 1.165) is 12.5 Å². The summed E-state index contributed by atoms with van der Waals surface area (Å²) in [5, 5.41) is 3.49. The Morgan fingerprint density at radius 3 is 2.37 bits per heavy atom. The molecule has 3 heteroatoms. The van der Waals surface area contributed by atoms with E-state index in [9.17, 15) is 0 Å². The fourth-order valence-electron chi connectivity index (χ4n) is 3.10. The molecule has 1 unspecified atom stereocenters. The molecular weight excluding hydrogens is 234 g/mol. The SMILES string of the molecule is CCNC(C)CCCCN1CCN(CC2CC2)CC1. The standard InChI is InChI=1S/C16H33N3/c1-3-17-15(2)6-4-5-9-18-10-12-19(13-11-18)14-16-7-8-16/h15-17H,3-14H2,1-2H3. The number of nitrogens with zero attached hydrogens (tertiary/aromatic N) is 2. The Bertz CT molecular complexity index is 232. The Labute approximate surface area is 119 Å². The van der Waals surface area contributed by atoms with Crippen LogP contribution in [-0.2, 0) is 0 Å². The van der Waals surface area contributed by atoms with E-state index in [1.54, 1.807) is 0 Å². The first-order valence-corrected chi connectivity index (χ1v) is 8.46. The van der Waals surface area contributed by atoms with Gasteiger partial charge in [-0.3, -0.25) is 0 Å². The molecule has 19 heavy (non-hydrogen) atoms. The summed E-state index contributed by atoms with van der Waals surface area (Å²) in [6, 6.07) is 0.695. The van der Waals surface area contributed by atoms with Crippen LogP contribution in [0.5, 0.6) is 0 Å². The summed E-state index contributed by atoms with van der Waals surface area (Å²) in [4.78, 5) is 5.35. The van der Waals surface area contributed by atoms with Crippen molar-refractivity contribution in [1.82, 2.24) is 15.1 Å². The fraction of sp³-hybridized carbons (Fsp3) is 1.00. The van der Waals surface area contributed by atoms with E-state index in [2.05, 4.69) is 29.0 Å².